The molecule has 3 aromatic heterocycles. The third kappa shape index (κ3) is 2.22. The van der Waals surface area contributed by atoms with Crippen LogP contribution >= 0.6 is 0 Å². The van der Waals surface area contributed by atoms with Gasteiger partial charge < -0.3 is 15.4 Å². The summed E-state index contributed by atoms with van der Waals surface area (Å²) < 4.78 is 1.52. The molecule has 3 heterocycles. The number of H-pyrrole nitrogens is 1. The monoisotopic (exact) mass is 285 g/mol. The number of hydrogen-bond acceptors (Lipinski definition) is 4. The van der Waals surface area contributed by atoms with Crippen molar-refractivity contribution in [3.63, 3.8) is 0 Å². The molecule has 21 heavy (non-hydrogen) atoms. The number of carbonyl (C=O) groups is 2. The molecule has 106 valence electrons. The lowest BCUT2D eigenvalue weighted by atomic mass is 10.2. The van der Waals surface area contributed by atoms with Crippen molar-refractivity contribution in [2.24, 2.45) is 0 Å². The maximum atomic E-state index is 12.3. The predicted molar refractivity (Wildman–Crippen MR) is 73.4 cm³/mol. The summed E-state index contributed by atoms with van der Waals surface area (Å²) in [6, 6.07) is 1.56. The Morgan fingerprint density at radius 2 is 2.19 bits per heavy atom. The maximum Gasteiger partial charge on any atom is 0.354 e. The number of carboxylic acids is 1. The molecule has 0 radical (unpaired) electrons. The number of nitrogens with one attached hydrogen (secondary N) is 2. The number of amides is 1. The van der Waals surface area contributed by atoms with Crippen LogP contribution in [0.5, 0.6) is 0 Å². The highest BCUT2D eigenvalue weighted by molar-refractivity contribution is 6.10. The molecular weight excluding hydrogens is 274 g/mol. The zero-order valence-electron chi connectivity index (χ0n) is 11.0. The number of carboxylic acid groups (broad SMARTS) is 1. The number of rotatable bonds is 3. The molecule has 0 aliphatic heterocycles. The molecule has 8 nitrogen and oxygen atoms in total. The second-order valence-electron chi connectivity index (χ2n) is 4.46. The van der Waals surface area contributed by atoms with Gasteiger partial charge in [0.15, 0.2) is 0 Å². The molecule has 0 saturated heterocycles. The zero-order chi connectivity index (χ0) is 15.0. The highest BCUT2D eigenvalue weighted by Gasteiger charge is 2.18. The van der Waals surface area contributed by atoms with Gasteiger partial charge in [0.25, 0.3) is 5.91 Å². The molecule has 0 fully saturated rings. The lowest BCUT2D eigenvalue weighted by molar-refractivity contribution is 0.0692. The second-order valence-corrected chi connectivity index (χ2v) is 4.46. The Kier molecular flexibility index (Phi) is 2.90. The minimum absolute atomic E-state index is 0.0598. The van der Waals surface area contributed by atoms with E-state index < -0.39 is 11.9 Å². The first-order valence-electron chi connectivity index (χ1n) is 6.08. The van der Waals surface area contributed by atoms with Crippen molar-refractivity contribution in [1.29, 1.82) is 0 Å². The quantitative estimate of drug-likeness (QED) is 0.671. The number of hydrogen-bond donors (Lipinski definition) is 3. The lowest BCUT2D eigenvalue weighted by Crippen LogP contribution is -2.14. The third-order valence-corrected chi connectivity index (χ3v) is 2.98. The van der Waals surface area contributed by atoms with E-state index in [1.54, 1.807) is 25.4 Å². The first-order valence-corrected chi connectivity index (χ1v) is 6.08. The summed E-state index contributed by atoms with van der Waals surface area (Å²) in [5.74, 6) is -1.58. The van der Waals surface area contributed by atoms with E-state index in [-0.39, 0.29) is 11.4 Å². The van der Waals surface area contributed by atoms with Gasteiger partial charge in [0.05, 0.1) is 29.2 Å². The Morgan fingerprint density at radius 3 is 2.95 bits per heavy atom. The topological polar surface area (TPSA) is 112 Å². The van der Waals surface area contributed by atoms with E-state index in [1.807, 2.05) is 0 Å². The van der Waals surface area contributed by atoms with Crippen LogP contribution in [0.15, 0.2) is 30.9 Å². The minimum atomic E-state index is -1.14. The molecule has 0 aromatic carbocycles. The summed E-state index contributed by atoms with van der Waals surface area (Å²) >= 11 is 0. The summed E-state index contributed by atoms with van der Waals surface area (Å²) in [7, 11) is 0. The summed E-state index contributed by atoms with van der Waals surface area (Å²) in [6.07, 6.45) is 6.10. The van der Waals surface area contributed by atoms with Gasteiger partial charge in [0.1, 0.15) is 5.69 Å². The first kappa shape index (κ1) is 12.9. The number of aromatic amines is 1. The SMILES string of the molecule is Cc1cc(NC(=O)c2cnn3ccncc23)c(C(=O)O)[nH]1. The molecule has 0 saturated carbocycles. The fourth-order valence-corrected chi connectivity index (χ4v) is 2.06. The van der Waals surface area contributed by atoms with Gasteiger partial charge in [-0.3, -0.25) is 9.78 Å². The summed E-state index contributed by atoms with van der Waals surface area (Å²) in [5, 5.41) is 15.7. The minimum Gasteiger partial charge on any atom is -0.477 e. The van der Waals surface area contributed by atoms with E-state index in [0.29, 0.717) is 16.8 Å². The molecule has 3 N–H and O–H groups in total. The number of aryl methyl sites for hydroxylation is 1. The Morgan fingerprint density at radius 1 is 1.38 bits per heavy atom. The van der Waals surface area contributed by atoms with Gasteiger partial charge >= 0.3 is 5.97 Å². The van der Waals surface area contributed by atoms with Gasteiger partial charge in [-0.25, -0.2) is 9.31 Å². The number of anilines is 1. The fourth-order valence-electron chi connectivity index (χ4n) is 2.06. The van der Waals surface area contributed by atoms with Crippen LogP contribution in [0.25, 0.3) is 5.52 Å². The van der Waals surface area contributed by atoms with Crippen molar-refractivity contribution >= 4 is 23.1 Å². The van der Waals surface area contributed by atoms with Crippen LogP contribution in [0.1, 0.15) is 26.5 Å². The Labute approximate surface area is 118 Å². The number of aromatic nitrogens is 4. The zero-order valence-corrected chi connectivity index (χ0v) is 11.0. The molecule has 3 aromatic rings. The van der Waals surface area contributed by atoms with E-state index in [9.17, 15) is 9.59 Å². The normalized spacial score (nSPS) is 10.7. The summed E-state index contributed by atoms with van der Waals surface area (Å²) in [5.41, 5.74) is 1.66. The van der Waals surface area contributed by atoms with E-state index in [4.69, 9.17) is 5.11 Å². The number of nitrogens with zero attached hydrogens (tertiary/aromatic N) is 3. The van der Waals surface area contributed by atoms with Crippen LogP contribution < -0.4 is 5.32 Å². The Hall–Kier alpha value is -3.16. The molecular formula is C13H11N5O3. The van der Waals surface area contributed by atoms with Crippen molar-refractivity contribution in [2.75, 3.05) is 5.32 Å². The van der Waals surface area contributed by atoms with Crippen LogP contribution in [-0.2, 0) is 0 Å². The van der Waals surface area contributed by atoms with Crippen molar-refractivity contribution in [3.8, 4) is 0 Å². The Balaban J connectivity index is 1.95. The van der Waals surface area contributed by atoms with E-state index in [0.717, 1.165) is 0 Å². The second kappa shape index (κ2) is 4.75. The van der Waals surface area contributed by atoms with E-state index in [1.165, 1.54) is 16.9 Å². The van der Waals surface area contributed by atoms with Gasteiger partial charge in [-0.2, -0.15) is 5.10 Å². The van der Waals surface area contributed by atoms with Crippen LogP contribution in [0.4, 0.5) is 5.69 Å². The van der Waals surface area contributed by atoms with Crippen LogP contribution in [0.3, 0.4) is 0 Å². The smallest absolute Gasteiger partial charge is 0.354 e. The number of aromatic carboxylic acids is 1. The molecule has 3 rings (SSSR count). The van der Waals surface area contributed by atoms with Crippen molar-refractivity contribution in [2.45, 2.75) is 6.92 Å². The number of fused-ring (bicyclic) bond motifs is 1. The molecule has 0 unspecified atom stereocenters. The van der Waals surface area contributed by atoms with E-state index >= 15 is 0 Å². The highest BCUT2D eigenvalue weighted by Crippen LogP contribution is 2.19. The average Bonchev–Trinajstić information content (AvgIpc) is 3.02. The van der Waals surface area contributed by atoms with Gasteiger partial charge in [-0.15, -0.1) is 0 Å². The van der Waals surface area contributed by atoms with E-state index in [2.05, 4.69) is 20.4 Å². The summed E-state index contributed by atoms with van der Waals surface area (Å²) in [4.78, 5) is 30.0. The van der Waals surface area contributed by atoms with Gasteiger partial charge in [0, 0.05) is 18.1 Å². The van der Waals surface area contributed by atoms with Crippen molar-refractivity contribution < 1.29 is 14.7 Å². The molecule has 0 bridgehead atoms. The van der Waals surface area contributed by atoms with Gasteiger partial charge in [-0.1, -0.05) is 0 Å². The van der Waals surface area contributed by atoms with Crippen molar-refractivity contribution in [1.82, 2.24) is 19.6 Å². The molecule has 0 aliphatic rings. The third-order valence-electron chi connectivity index (χ3n) is 2.98. The summed E-state index contributed by atoms with van der Waals surface area (Å²) in [6.45, 7) is 1.71. The molecule has 1 amide bonds. The predicted octanol–water partition coefficient (Wildman–Crippen LogP) is 1.32. The van der Waals surface area contributed by atoms with Crippen LogP contribution in [0, 0.1) is 6.92 Å². The van der Waals surface area contributed by atoms with Crippen LogP contribution in [0.2, 0.25) is 0 Å². The fraction of sp³-hybridized carbons (Fsp3) is 0.0769. The Bertz CT molecular complexity index is 848. The molecule has 8 heteroatoms. The first-order chi connectivity index (χ1) is 10.1. The van der Waals surface area contributed by atoms with Gasteiger partial charge in [-0.05, 0) is 13.0 Å². The molecule has 0 atom stereocenters. The molecule has 0 aliphatic carbocycles. The number of carbonyl (C=O) groups excluding carboxylic acids is 1. The van der Waals surface area contributed by atoms with Gasteiger partial charge in [0.2, 0.25) is 0 Å². The standard InChI is InChI=1S/C13H11N5O3/c1-7-4-9(11(16-7)13(20)21)17-12(19)8-5-15-18-3-2-14-6-10(8)18/h2-6,16H,1H3,(H,17,19)(H,20,21). The molecule has 0 spiro atoms. The average molecular weight is 285 g/mol. The van der Waals surface area contributed by atoms with Crippen molar-refractivity contribution in [3.05, 3.63) is 47.8 Å². The highest BCUT2D eigenvalue weighted by atomic mass is 16.4. The lowest BCUT2D eigenvalue weighted by Gasteiger charge is -2.03. The maximum absolute atomic E-state index is 12.3. The largest absolute Gasteiger partial charge is 0.477 e. The van der Waals surface area contributed by atoms with Crippen LogP contribution in [-0.4, -0.2) is 36.6 Å².